The number of hydrogen-bond donors (Lipinski definition) is 0. The van der Waals surface area contributed by atoms with Crippen molar-refractivity contribution < 1.29 is 12.6 Å². The maximum Gasteiger partial charge on any atom is 0.309 e. The molecule has 0 aliphatic carbocycles. The van der Waals surface area contributed by atoms with Crippen LogP contribution in [0.15, 0.2) is 36.4 Å². The summed E-state index contributed by atoms with van der Waals surface area (Å²) in [7, 11) is -3.59. The molecule has 0 atom stereocenters. The molecule has 2 rings (SSSR count). The lowest BCUT2D eigenvalue weighted by Crippen LogP contribution is -2.15. The standard InChI is InChI=1S/C28H44O3S/c1-3-5-7-9-11-13-15-20-26-23-22-25-19-16-17-21-27(25)28(26)31-32(29,30)24-18-14-12-10-8-6-4-2/h16-17,19,21-23H,3-15,18,20,24H2,1-2H3. The van der Waals surface area contributed by atoms with Crippen molar-refractivity contribution in [1.29, 1.82) is 0 Å². The average Bonchev–Trinajstić information content (AvgIpc) is 2.79. The Balaban J connectivity index is 1.96. The van der Waals surface area contributed by atoms with Crippen LogP contribution in [-0.4, -0.2) is 14.2 Å². The quantitative estimate of drug-likeness (QED) is 0.165. The zero-order valence-electron chi connectivity index (χ0n) is 20.4. The molecule has 0 aliphatic rings. The van der Waals surface area contributed by atoms with Gasteiger partial charge >= 0.3 is 10.1 Å². The van der Waals surface area contributed by atoms with Gasteiger partial charge in [-0.15, -0.1) is 0 Å². The van der Waals surface area contributed by atoms with Crippen LogP contribution >= 0.6 is 0 Å². The molecule has 0 saturated carbocycles. The largest absolute Gasteiger partial charge is 0.381 e. The Morgan fingerprint density at radius 3 is 1.88 bits per heavy atom. The Hall–Kier alpha value is -1.55. The molecule has 0 N–H and O–H groups in total. The lowest BCUT2D eigenvalue weighted by molar-refractivity contribution is 0.480. The number of unbranched alkanes of at least 4 members (excludes halogenated alkanes) is 12. The topological polar surface area (TPSA) is 43.4 Å². The van der Waals surface area contributed by atoms with Crippen molar-refractivity contribution in [2.45, 2.75) is 110 Å². The molecule has 4 heteroatoms. The average molecular weight is 461 g/mol. The highest BCUT2D eigenvalue weighted by Crippen LogP contribution is 2.32. The van der Waals surface area contributed by atoms with Gasteiger partial charge in [-0.1, -0.05) is 127 Å². The third kappa shape index (κ3) is 9.94. The molecule has 32 heavy (non-hydrogen) atoms. The molecule has 0 unspecified atom stereocenters. The Kier molecular flexibility index (Phi) is 12.8. The Morgan fingerprint density at radius 2 is 1.22 bits per heavy atom. The minimum atomic E-state index is -3.59. The van der Waals surface area contributed by atoms with Crippen LogP contribution in [0.1, 0.15) is 109 Å². The summed E-state index contributed by atoms with van der Waals surface area (Å²) in [6, 6.07) is 12.1. The van der Waals surface area contributed by atoms with Gasteiger partial charge in [-0.2, -0.15) is 8.42 Å². The fourth-order valence-corrected chi connectivity index (χ4v) is 5.35. The third-order valence-corrected chi connectivity index (χ3v) is 7.43. The Morgan fingerprint density at radius 1 is 0.656 bits per heavy atom. The molecule has 0 radical (unpaired) electrons. The van der Waals surface area contributed by atoms with Crippen molar-refractivity contribution in [3.63, 3.8) is 0 Å². The fraction of sp³-hybridized carbons (Fsp3) is 0.643. The maximum absolute atomic E-state index is 12.8. The van der Waals surface area contributed by atoms with Gasteiger partial charge in [-0.05, 0) is 30.2 Å². The summed E-state index contributed by atoms with van der Waals surface area (Å²) in [5.74, 6) is 0.651. The van der Waals surface area contributed by atoms with Crippen molar-refractivity contribution in [3.05, 3.63) is 42.0 Å². The van der Waals surface area contributed by atoms with E-state index < -0.39 is 10.1 Å². The number of hydrogen-bond acceptors (Lipinski definition) is 3. The first kappa shape index (κ1) is 26.7. The van der Waals surface area contributed by atoms with Crippen molar-refractivity contribution in [1.82, 2.24) is 0 Å². The summed E-state index contributed by atoms with van der Waals surface area (Å²) in [4.78, 5) is 0. The van der Waals surface area contributed by atoms with E-state index in [1.54, 1.807) is 0 Å². The van der Waals surface area contributed by atoms with Gasteiger partial charge in [0.25, 0.3) is 0 Å². The molecular weight excluding hydrogens is 416 g/mol. The highest BCUT2D eigenvalue weighted by Gasteiger charge is 2.18. The zero-order chi connectivity index (χ0) is 23.1. The second-order valence-electron chi connectivity index (χ2n) is 9.11. The van der Waals surface area contributed by atoms with E-state index in [0.29, 0.717) is 12.2 Å². The van der Waals surface area contributed by atoms with Crippen LogP contribution < -0.4 is 4.18 Å². The van der Waals surface area contributed by atoms with E-state index in [1.807, 2.05) is 24.3 Å². The number of fused-ring (bicyclic) bond motifs is 1. The minimum absolute atomic E-state index is 0.0981. The lowest BCUT2D eigenvalue weighted by Gasteiger charge is -2.14. The number of benzene rings is 2. The highest BCUT2D eigenvalue weighted by molar-refractivity contribution is 7.87. The van der Waals surface area contributed by atoms with Gasteiger partial charge in [0.2, 0.25) is 0 Å². The molecule has 0 aliphatic heterocycles. The van der Waals surface area contributed by atoms with Crippen LogP contribution in [0, 0.1) is 0 Å². The monoisotopic (exact) mass is 460 g/mol. The second-order valence-corrected chi connectivity index (χ2v) is 10.8. The van der Waals surface area contributed by atoms with E-state index in [2.05, 4.69) is 26.0 Å². The van der Waals surface area contributed by atoms with Gasteiger partial charge < -0.3 is 4.18 Å². The van der Waals surface area contributed by atoms with Crippen molar-refractivity contribution in [2.75, 3.05) is 5.75 Å². The predicted molar refractivity (Wildman–Crippen MR) is 138 cm³/mol. The number of aryl methyl sites for hydroxylation is 1. The van der Waals surface area contributed by atoms with E-state index >= 15 is 0 Å². The van der Waals surface area contributed by atoms with E-state index in [9.17, 15) is 8.42 Å². The van der Waals surface area contributed by atoms with Crippen molar-refractivity contribution >= 4 is 20.9 Å². The first-order valence-corrected chi connectivity index (χ1v) is 14.6. The summed E-state index contributed by atoms with van der Waals surface area (Å²) in [6.07, 6.45) is 17.2. The molecule has 0 saturated heterocycles. The second kappa shape index (κ2) is 15.3. The smallest absolute Gasteiger partial charge is 0.309 e. The van der Waals surface area contributed by atoms with E-state index in [0.717, 1.165) is 42.0 Å². The SMILES string of the molecule is CCCCCCCCCc1ccc2ccccc2c1OS(=O)(=O)CCCCCCCCC. The molecule has 0 aromatic heterocycles. The Labute approximate surface area is 197 Å². The van der Waals surface area contributed by atoms with Gasteiger partial charge in [0.1, 0.15) is 0 Å². The molecule has 2 aromatic carbocycles. The normalized spacial score (nSPS) is 11.8. The van der Waals surface area contributed by atoms with Gasteiger partial charge in [0, 0.05) is 5.39 Å². The third-order valence-electron chi connectivity index (χ3n) is 6.22. The van der Waals surface area contributed by atoms with Crippen LogP contribution in [0.25, 0.3) is 10.8 Å². The van der Waals surface area contributed by atoms with Crippen molar-refractivity contribution in [2.24, 2.45) is 0 Å². The summed E-state index contributed by atoms with van der Waals surface area (Å²) < 4.78 is 31.3. The zero-order valence-corrected chi connectivity index (χ0v) is 21.2. The van der Waals surface area contributed by atoms with E-state index in [4.69, 9.17) is 4.18 Å². The summed E-state index contributed by atoms with van der Waals surface area (Å²) in [5, 5.41) is 1.92. The molecule has 0 spiro atoms. The molecule has 0 heterocycles. The van der Waals surface area contributed by atoms with Crippen LogP contribution in [0.5, 0.6) is 5.75 Å². The van der Waals surface area contributed by atoms with Crippen LogP contribution in [-0.2, 0) is 16.5 Å². The summed E-state index contributed by atoms with van der Waals surface area (Å²) in [6.45, 7) is 4.45. The molecule has 2 aromatic rings. The van der Waals surface area contributed by atoms with Crippen molar-refractivity contribution in [3.8, 4) is 5.75 Å². The molecule has 0 amide bonds. The summed E-state index contributed by atoms with van der Waals surface area (Å²) >= 11 is 0. The van der Waals surface area contributed by atoms with Gasteiger partial charge in [0.05, 0.1) is 5.75 Å². The summed E-state index contributed by atoms with van der Waals surface area (Å²) in [5.41, 5.74) is 1.01. The van der Waals surface area contributed by atoms with Gasteiger partial charge in [-0.25, -0.2) is 0 Å². The first-order chi connectivity index (χ1) is 15.6. The first-order valence-electron chi connectivity index (χ1n) is 13.0. The van der Waals surface area contributed by atoms with Gasteiger partial charge in [0.15, 0.2) is 5.75 Å². The lowest BCUT2D eigenvalue weighted by atomic mass is 10.00. The highest BCUT2D eigenvalue weighted by atomic mass is 32.2. The van der Waals surface area contributed by atoms with E-state index in [1.165, 1.54) is 64.2 Å². The number of rotatable bonds is 18. The minimum Gasteiger partial charge on any atom is -0.381 e. The van der Waals surface area contributed by atoms with Crippen LogP contribution in [0.3, 0.4) is 0 Å². The molecule has 0 fully saturated rings. The maximum atomic E-state index is 12.8. The Bertz CT molecular complexity index is 873. The van der Waals surface area contributed by atoms with Crippen LogP contribution in [0.4, 0.5) is 0 Å². The molecule has 180 valence electrons. The fourth-order valence-electron chi connectivity index (χ4n) is 4.26. The van der Waals surface area contributed by atoms with Gasteiger partial charge in [-0.3, -0.25) is 0 Å². The van der Waals surface area contributed by atoms with Crippen LogP contribution in [0.2, 0.25) is 0 Å². The van der Waals surface area contributed by atoms with E-state index in [-0.39, 0.29) is 5.75 Å². The molecule has 0 bridgehead atoms. The predicted octanol–water partition coefficient (Wildman–Crippen LogP) is 8.59. The molecule has 3 nitrogen and oxygen atoms in total. The molecular formula is C28H44O3S.